The minimum Gasteiger partial charge on any atom is -0.396 e. The van der Waals surface area contributed by atoms with Crippen molar-refractivity contribution >= 4 is 6.03 Å². The molecule has 0 fully saturated rings. The first-order valence-corrected chi connectivity index (χ1v) is 7.68. The van der Waals surface area contributed by atoms with Gasteiger partial charge in [0.05, 0.1) is 0 Å². The van der Waals surface area contributed by atoms with Crippen LogP contribution in [-0.4, -0.2) is 38.3 Å². The van der Waals surface area contributed by atoms with Crippen molar-refractivity contribution in [2.24, 2.45) is 5.92 Å². The lowest BCUT2D eigenvalue weighted by atomic mass is 10.0. The standard InChI is InChI=1S/C16H23N5O2/c1-12(2)14(4-8-22)20-16(23)19-10-13-3-5-18-15(9-13)21-7-6-17-11-21/h3,5-7,9,11-12,14,22H,4,8,10H2,1-2H3,(H2,19,20,23). The van der Waals surface area contributed by atoms with Crippen molar-refractivity contribution in [1.29, 1.82) is 0 Å². The highest BCUT2D eigenvalue weighted by Gasteiger charge is 2.15. The molecule has 2 aromatic rings. The lowest BCUT2D eigenvalue weighted by Gasteiger charge is -2.21. The molecule has 2 heterocycles. The van der Waals surface area contributed by atoms with E-state index in [9.17, 15) is 4.79 Å². The molecule has 0 aromatic carbocycles. The quantitative estimate of drug-likeness (QED) is 0.721. The largest absolute Gasteiger partial charge is 0.396 e. The molecular formula is C16H23N5O2. The van der Waals surface area contributed by atoms with E-state index < -0.39 is 0 Å². The molecule has 3 N–H and O–H groups in total. The van der Waals surface area contributed by atoms with Crippen LogP contribution in [0.2, 0.25) is 0 Å². The van der Waals surface area contributed by atoms with Gasteiger partial charge in [0.15, 0.2) is 0 Å². The topological polar surface area (TPSA) is 92.1 Å². The summed E-state index contributed by atoms with van der Waals surface area (Å²) < 4.78 is 1.81. The third kappa shape index (κ3) is 5.07. The Morgan fingerprint density at radius 2 is 2.22 bits per heavy atom. The Kier molecular flexibility index (Phi) is 6.10. The van der Waals surface area contributed by atoms with Crippen LogP contribution >= 0.6 is 0 Å². The highest BCUT2D eigenvalue weighted by atomic mass is 16.3. The Morgan fingerprint density at radius 3 is 2.87 bits per heavy atom. The van der Waals surface area contributed by atoms with E-state index in [0.29, 0.717) is 13.0 Å². The van der Waals surface area contributed by atoms with Crippen LogP contribution in [0.4, 0.5) is 4.79 Å². The molecule has 0 saturated carbocycles. The number of rotatable bonds is 7. The van der Waals surface area contributed by atoms with Gasteiger partial charge in [-0.05, 0) is 30.0 Å². The van der Waals surface area contributed by atoms with Crippen molar-refractivity contribution in [1.82, 2.24) is 25.2 Å². The molecule has 0 spiro atoms. The van der Waals surface area contributed by atoms with Gasteiger partial charge < -0.3 is 15.7 Å². The Morgan fingerprint density at radius 1 is 1.39 bits per heavy atom. The fourth-order valence-electron chi connectivity index (χ4n) is 2.22. The Hall–Kier alpha value is -2.41. The third-order valence-electron chi connectivity index (χ3n) is 3.59. The monoisotopic (exact) mass is 317 g/mol. The molecule has 0 aliphatic carbocycles. The highest BCUT2D eigenvalue weighted by Crippen LogP contribution is 2.07. The Bertz CT molecular complexity index is 613. The zero-order chi connectivity index (χ0) is 16.7. The van der Waals surface area contributed by atoms with Crippen LogP contribution in [0.15, 0.2) is 37.1 Å². The fourth-order valence-corrected chi connectivity index (χ4v) is 2.22. The molecule has 7 heteroatoms. The van der Waals surface area contributed by atoms with Crippen molar-refractivity contribution in [2.45, 2.75) is 32.9 Å². The molecule has 2 aromatic heterocycles. The maximum absolute atomic E-state index is 12.0. The number of carbonyl (C=O) groups is 1. The average Bonchev–Trinajstić information content (AvgIpc) is 3.07. The number of hydrogen-bond donors (Lipinski definition) is 3. The number of urea groups is 1. The zero-order valence-corrected chi connectivity index (χ0v) is 13.4. The number of hydrogen-bond acceptors (Lipinski definition) is 4. The summed E-state index contributed by atoms with van der Waals surface area (Å²) in [5.41, 5.74) is 0.946. The molecule has 7 nitrogen and oxygen atoms in total. The number of carbonyl (C=O) groups excluding carboxylic acids is 1. The van der Waals surface area contributed by atoms with Crippen LogP contribution in [0.1, 0.15) is 25.8 Å². The summed E-state index contributed by atoms with van der Waals surface area (Å²) in [5.74, 6) is 1.02. The number of nitrogens with one attached hydrogen (secondary N) is 2. The zero-order valence-electron chi connectivity index (χ0n) is 13.4. The SMILES string of the molecule is CC(C)C(CCO)NC(=O)NCc1ccnc(-n2ccnc2)c1. The second-order valence-electron chi connectivity index (χ2n) is 5.68. The van der Waals surface area contributed by atoms with Crippen LogP contribution in [0.3, 0.4) is 0 Å². The van der Waals surface area contributed by atoms with Crippen LogP contribution in [-0.2, 0) is 6.54 Å². The van der Waals surface area contributed by atoms with Crippen molar-refractivity contribution < 1.29 is 9.90 Å². The molecule has 0 saturated heterocycles. The molecule has 1 unspecified atom stereocenters. The number of nitrogens with zero attached hydrogens (tertiary/aromatic N) is 3. The summed E-state index contributed by atoms with van der Waals surface area (Å²) in [6, 6.07) is 3.47. The lowest BCUT2D eigenvalue weighted by molar-refractivity contribution is 0.218. The smallest absolute Gasteiger partial charge is 0.315 e. The summed E-state index contributed by atoms with van der Waals surface area (Å²) in [7, 11) is 0. The second kappa shape index (κ2) is 8.28. The third-order valence-corrected chi connectivity index (χ3v) is 3.59. The minimum atomic E-state index is -0.238. The Labute approximate surface area is 135 Å². The van der Waals surface area contributed by atoms with E-state index >= 15 is 0 Å². The number of aromatic nitrogens is 3. The van der Waals surface area contributed by atoms with Gasteiger partial charge in [-0.15, -0.1) is 0 Å². The summed E-state index contributed by atoms with van der Waals surface area (Å²) >= 11 is 0. The van der Waals surface area contributed by atoms with Gasteiger partial charge in [-0.25, -0.2) is 14.8 Å². The molecule has 0 aliphatic heterocycles. The molecule has 124 valence electrons. The molecule has 0 aliphatic rings. The van der Waals surface area contributed by atoms with Crippen LogP contribution in [0, 0.1) is 5.92 Å². The van der Waals surface area contributed by atoms with Gasteiger partial charge in [0.1, 0.15) is 12.1 Å². The molecule has 0 radical (unpaired) electrons. The first-order valence-electron chi connectivity index (χ1n) is 7.68. The molecule has 23 heavy (non-hydrogen) atoms. The number of amides is 2. The summed E-state index contributed by atoms with van der Waals surface area (Å²) in [4.78, 5) is 20.2. The Balaban J connectivity index is 1.90. The van der Waals surface area contributed by atoms with E-state index in [2.05, 4.69) is 20.6 Å². The van der Waals surface area contributed by atoms with Gasteiger partial charge in [0.2, 0.25) is 0 Å². The number of aliphatic hydroxyl groups is 1. The van der Waals surface area contributed by atoms with Crippen LogP contribution in [0.25, 0.3) is 5.82 Å². The fraction of sp³-hybridized carbons (Fsp3) is 0.438. The first kappa shape index (κ1) is 17.0. The van der Waals surface area contributed by atoms with Gasteiger partial charge in [0, 0.05) is 37.8 Å². The van der Waals surface area contributed by atoms with Crippen molar-refractivity contribution in [3.63, 3.8) is 0 Å². The lowest BCUT2D eigenvalue weighted by Crippen LogP contribution is -2.44. The normalized spacial score (nSPS) is 12.2. The summed E-state index contributed by atoms with van der Waals surface area (Å²) in [5, 5.41) is 14.8. The van der Waals surface area contributed by atoms with Gasteiger partial charge in [-0.1, -0.05) is 13.8 Å². The summed E-state index contributed by atoms with van der Waals surface area (Å²) in [6.45, 7) is 4.49. The predicted octanol–water partition coefficient (Wildman–Crippen LogP) is 1.47. The second-order valence-corrected chi connectivity index (χ2v) is 5.68. The number of imidazole rings is 1. The van der Waals surface area contributed by atoms with Crippen LogP contribution < -0.4 is 10.6 Å². The van der Waals surface area contributed by atoms with Crippen LogP contribution in [0.5, 0.6) is 0 Å². The van der Waals surface area contributed by atoms with E-state index in [1.165, 1.54) is 0 Å². The van der Waals surface area contributed by atoms with Gasteiger partial charge in [-0.2, -0.15) is 0 Å². The number of aliphatic hydroxyl groups excluding tert-OH is 1. The summed E-state index contributed by atoms with van der Waals surface area (Å²) in [6.07, 6.45) is 7.42. The van der Waals surface area contributed by atoms with Gasteiger partial charge >= 0.3 is 6.03 Å². The average molecular weight is 317 g/mol. The molecule has 2 rings (SSSR count). The molecular weight excluding hydrogens is 294 g/mol. The number of pyridine rings is 1. The molecule has 1 atom stereocenters. The maximum Gasteiger partial charge on any atom is 0.315 e. The first-order chi connectivity index (χ1) is 11.1. The van der Waals surface area contributed by atoms with E-state index in [1.807, 2.05) is 32.2 Å². The van der Waals surface area contributed by atoms with E-state index in [0.717, 1.165) is 11.4 Å². The minimum absolute atomic E-state index is 0.0426. The van der Waals surface area contributed by atoms with Crippen molar-refractivity contribution in [3.8, 4) is 5.82 Å². The highest BCUT2D eigenvalue weighted by molar-refractivity contribution is 5.74. The van der Waals surface area contributed by atoms with Gasteiger partial charge in [0.25, 0.3) is 0 Å². The van der Waals surface area contributed by atoms with Gasteiger partial charge in [-0.3, -0.25) is 4.57 Å². The molecule has 2 amide bonds. The predicted molar refractivity (Wildman–Crippen MR) is 87.1 cm³/mol. The molecule has 0 bridgehead atoms. The van der Waals surface area contributed by atoms with E-state index in [1.54, 1.807) is 23.3 Å². The maximum atomic E-state index is 12.0. The van der Waals surface area contributed by atoms with E-state index in [4.69, 9.17) is 5.11 Å². The van der Waals surface area contributed by atoms with Crippen molar-refractivity contribution in [3.05, 3.63) is 42.6 Å². The van der Waals surface area contributed by atoms with E-state index in [-0.39, 0.29) is 24.6 Å². The van der Waals surface area contributed by atoms with Crippen molar-refractivity contribution in [2.75, 3.05) is 6.61 Å².